The van der Waals surface area contributed by atoms with Crippen molar-refractivity contribution in [1.29, 1.82) is 0 Å². The molecule has 0 aromatic carbocycles. The van der Waals surface area contributed by atoms with Crippen LogP contribution in [0, 0.1) is 0 Å². The van der Waals surface area contributed by atoms with E-state index in [-0.39, 0.29) is 12.2 Å². The molecule has 4 N–H and O–H groups in total. The van der Waals surface area contributed by atoms with Gasteiger partial charge in [-0.15, -0.1) is 0 Å². The van der Waals surface area contributed by atoms with Crippen molar-refractivity contribution >= 4 is 5.91 Å². The molecule has 14 heavy (non-hydrogen) atoms. The number of carbonyl (C=O) groups excluding carboxylic acids is 1. The van der Waals surface area contributed by atoms with E-state index in [1.807, 2.05) is 20.8 Å². The molecule has 0 saturated heterocycles. The quantitative estimate of drug-likeness (QED) is 0.578. The summed E-state index contributed by atoms with van der Waals surface area (Å²) in [6.07, 6.45) is 0. The summed E-state index contributed by atoms with van der Waals surface area (Å²) in [5.74, 6) is -0.554. The van der Waals surface area contributed by atoms with Crippen LogP contribution in [0.15, 0.2) is 0 Å². The third kappa shape index (κ3) is 7.97. The summed E-state index contributed by atoms with van der Waals surface area (Å²) in [5, 5.41) is 0. The fraction of sp³-hybridized carbons (Fsp3) is 0.889. The Morgan fingerprint density at radius 1 is 1.36 bits per heavy atom. The Kier molecular flexibility index (Phi) is 5.68. The van der Waals surface area contributed by atoms with Crippen LogP contribution in [0.1, 0.15) is 20.8 Å². The number of rotatable bonds is 6. The van der Waals surface area contributed by atoms with Crippen LogP contribution in [-0.2, 0) is 14.3 Å². The molecule has 84 valence electrons. The number of carbonyl (C=O) groups is 1. The number of amides is 1. The van der Waals surface area contributed by atoms with Crippen LogP contribution in [0.4, 0.5) is 0 Å². The topological polar surface area (TPSA) is 87.6 Å². The van der Waals surface area contributed by atoms with E-state index in [1.54, 1.807) is 0 Å². The fourth-order valence-corrected chi connectivity index (χ4v) is 0.699. The molecule has 5 heteroatoms. The van der Waals surface area contributed by atoms with Gasteiger partial charge in [-0.2, -0.15) is 0 Å². The SMILES string of the molecule is CC(C)(C)OCCOCC(N)C(N)=O. The second kappa shape index (κ2) is 5.95. The monoisotopic (exact) mass is 204 g/mol. The molecule has 1 unspecified atom stereocenters. The Morgan fingerprint density at radius 2 is 1.93 bits per heavy atom. The molecule has 0 saturated carbocycles. The van der Waals surface area contributed by atoms with Gasteiger partial charge in [0.15, 0.2) is 0 Å². The maximum atomic E-state index is 10.5. The van der Waals surface area contributed by atoms with E-state index in [4.69, 9.17) is 20.9 Å². The molecule has 0 aliphatic heterocycles. The Morgan fingerprint density at radius 3 is 2.36 bits per heavy atom. The van der Waals surface area contributed by atoms with Crippen LogP contribution in [0.3, 0.4) is 0 Å². The number of hydrogen-bond donors (Lipinski definition) is 2. The van der Waals surface area contributed by atoms with E-state index in [2.05, 4.69) is 0 Å². The van der Waals surface area contributed by atoms with Gasteiger partial charge in [-0.3, -0.25) is 4.79 Å². The molecule has 0 aromatic heterocycles. The second-order valence-corrected chi connectivity index (χ2v) is 4.04. The molecule has 0 aliphatic carbocycles. The van der Waals surface area contributed by atoms with Gasteiger partial charge in [0.2, 0.25) is 5.91 Å². The lowest BCUT2D eigenvalue weighted by atomic mass is 10.2. The van der Waals surface area contributed by atoms with Gasteiger partial charge in [0.05, 0.1) is 25.4 Å². The smallest absolute Gasteiger partial charge is 0.236 e. The maximum Gasteiger partial charge on any atom is 0.236 e. The normalized spacial score (nSPS) is 14.0. The lowest BCUT2D eigenvalue weighted by Gasteiger charge is -2.19. The van der Waals surface area contributed by atoms with Crippen molar-refractivity contribution in [3.05, 3.63) is 0 Å². The largest absolute Gasteiger partial charge is 0.377 e. The zero-order valence-corrected chi connectivity index (χ0v) is 9.08. The fourth-order valence-electron chi connectivity index (χ4n) is 0.699. The Hall–Kier alpha value is -0.650. The van der Waals surface area contributed by atoms with Gasteiger partial charge in [-0.1, -0.05) is 0 Å². The van der Waals surface area contributed by atoms with Crippen molar-refractivity contribution in [1.82, 2.24) is 0 Å². The van der Waals surface area contributed by atoms with E-state index in [1.165, 1.54) is 0 Å². The van der Waals surface area contributed by atoms with Crippen molar-refractivity contribution in [2.24, 2.45) is 11.5 Å². The Balaban J connectivity index is 3.35. The molecule has 1 amide bonds. The molecule has 0 spiro atoms. The minimum Gasteiger partial charge on any atom is -0.377 e. The van der Waals surface area contributed by atoms with Gasteiger partial charge < -0.3 is 20.9 Å². The maximum absolute atomic E-state index is 10.5. The molecule has 0 aliphatic rings. The molecule has 0 bridgehead atoms. The lowest BCUT2D eigenvalue weighted by Crippen LogP contribution is -2.40. The molecule has 5 nitrogen and oxygen atoms in total. The predicted molar refractivity (Wildman–Crippen MR) is 53.7 cm³/mol. The highest BCUT2D eigenvalue weighted by Crippen LogP contribution is 2.05. The van der Waals surface area contributed by atoms with Crippen LogP contribution in [0.25, 0.3) is 0 Å². The average molecular weight is 204 g/mol. The second-order valence-electron chi connectivity index (χ2n) is 4.04. The molecular formula is C9H20N2O3. The summed E-state index contributed by atoms with van der Waals surface area (Å²) in [4.78, 5) is 10.5. The standard InChI is InChI=1S/C9H20N2O3/c1-9(2,3)14-5-4-13-6-7(10)8(11)12/h7H,4-6,10H2,1-3H3,(H2,11,12). The van der Waals surface area contributed by atoms with E-state index in [0.29, 0.717) is 13.2 Å². The summed E-state index contributed by atoms with van der Waals surface area (Å²) in [6.45, 7) is 6.92. The van der Waals surface area contributed by atoms with E-state index < -0.39 is 11.9 Å². The van der Waals surface area contributed by atoms with Crippen molar-refractivity contribution < 1.29 is 14.3 Å². The van der Waals surface area contributed by atoms with Crippen molar-refractivity contribution in [3.8, 4) is 0 Å². The van der Waals surface area contributed by atoms with Crippen molar-refractivity contribution in [2.45, 2.75) is 32.4 Å². The van der Waals surface area contributed by atoms with Gasteiger partial charge in [0, 0.05) is 0 Å². The highest BCUT2D eigenvalue weighted by molar-refractivity contribution is 5.79. The highest BCUT2D eigenvalue weighted by atomic mass is 16.5. The summed E-state index contributed by atoms with van der Waals surface area (Å²) >= 11 is 0. The van der Waals surface area contributed by atoms with Crippen LogP contribution in [-0.4, -0.2) is 37.4 Å². The Bertz CT molecular complexity index is 177. The van der Waals surface area contributed by atoms with Gasteiger partial charge in [0.1, 0.15) is 6.04 Å². The third-order valence-electron chi connectivity index (χ3n) is 1.43. The zero-order chi connectivity index (χ0) is 11.2. The summed E-state index contributed by atoms with van der Waals surface area (Å²) in [5.41, 5.74) is 10.1. The lowest BCUT2D eigenvalue weighted by molar-refractivity contribution is -0.121. The molecule has 0 radical (unpaired) electrons. The van der Waals surface area contributed by atoms with Crippen LogP contribution >= 0.6 is 0 Å². The van der Waals surface area contributed by atoms with E-state index in [9.17, 15) is 4.79 Å². The van der Waals surface area contributed by atoms with Crippen LogP contribution in [0.5, 0.6) is 0 Å². The predicted octanol–water partition coefficient (Wildman–Crippen LogP) is -0.369. The van der Waals surface area contributed by atoms with Crippen LogP contribution < -0.4 is 11.5 Å². The average Bonchev–Trinajstić information content (AvgIpc) is 2.01. The molecule has 0 fully saturated rings. The summed E-state index contributed by atoms with van der Waals surface area (Å²) in [7, 11) is 0. The van der Waals surface area contributed by atoms with Gasteiger partial charge in [-0.25, -0.2) is 0 Å². The molecule has 0 aromatic rings. The molecule has 0 heterocycles. The van der Waals surface area contributed by atoms with Crippen molar-refractivity contribution in [2.75, 3.05) is 19.8 Å². The summed E-state index contributed by atoms with van der Waals surface area (Å²) in [6, 6.07) is -0.732. The van der Waals surface area contributed by atoms with E-state index in [0.717, 1.165) is 0 Å². The first-order valence-corrected chi connectivity index (χ1v) is 4.59. The minimum absolute atomic E-state index is 0.142. The van der Waals surface area contributed by atoms with E-state index >= 15 is 0 Å². The molecular weight excluding hydrogens is 184 g/mol. The van der Waals surface area contributed by atoms with Gasteiger partial charge >= 0.3 is 0 Å². The first-order chi connectivity index (χ1) is 6.33. The first-order valence-electron chi connectivity index (χ1n) is 4.59. The molecule has 0 rings (SSSR count). The Labute approximate surface area is 84.7 Å². The first kappa shape index (κ1) is 13.4. The number of primary amides is 1. The van der Waals surface area contributed by atoms with Crippen molar-refractivity contribution in [3.63, 3.8) is 0 Å². The summed E-state index contributed by atoms with van der Waals surface area (Å²) < 4.78 is 10.5. The van der Waals surface area contributed by atoms with Gasteiger partial charge in [0.25, 0.3) is 0 Å². The van der Waals surface area contributed by atoms with Gasteiger partial charge in [-0.05, 0) is 20.8 Å². The zero-order valence-electron chi connectivity index (χ0n) is 9.08. The number of nitrogens with two attached hydrogens (primary N) is 2. The number of hydrogen-bond acceptors (Lipinski definition) is 4. The highest BCUT2D eigenvalue weighted by Gasteiger charge is 2.11. The van der Waals surface area contributed by atoms with Crippen LogP contribution in [0.2, 0.25) is 0 Å². The third-order valence-corrected chi connectivity index (χ3v) is 1.43. The number of ether oxygens (including phenoxy) is 2. The molecule has 1 atom stereocenters. The minimum atomic E-state index is -0.732.